The van der Waals surface area contributed by atoms with Gasteiger partial charge < -0.3 is 20.4 Å². The molecule has 2 amide bonds. The van der Waals surface area contributed by atoms with Crippen LogP contribution in [0.15, 0.2) is 65.3 Å². The van der Waals surface area contributed by atoms with Crippen LogP contribution in [0, 0.1) is 27.9 Å². The number of aliphatic hydroxyl groups excluding tert-OH is 3. The van der Waals surface area contributed by atoms with Gasteiger partial charge in [-0.15, -0.1) is 0 Å². The summed E-state index contributed by atoms with van der Waals surface area (Å²) >= 11 is 0. The number of phenols is 1. The molecule has 2 aromatic carbocycles. The summed E-state index contributed by atoms with van der Waals surface area (Å²) in [6.07, 6.45) is 1.57. The van der Waals surface area contributed by atoms with Gasteiger partial charge in [-0.1, -0.05) is 29.8 Å². The van der Waals surface area contributed by atoms with Crippen LogP contribution >= 0.6 is 0 Å². The summed E-state index contributed by atoms with van der Waals surface area (Å²) in [5, 5.41) is 52.5. The first-order chi connectivity index (χ1) is 18.2. The van der Waals surface area contributed by atoms with Crippen molar-refractivity contribution in [1.29, 1.82) is 0 Å². The first-order valence-corrected chi connectivity index (χ1v) is 12.4. The van der Waals surface area contributed by atoms with Gasteiger partial charge in [0.15, 0.2) is 0 Å². The van der Waals surface area contributed by atoms with Crippen molar-refractivity contribution in [3.63, 3.8) is 0 Å². The van der Waals surface area contributed by atoms with Gasteiger partial charge in [0, 0.05) is 18.1 Å². The van der Waals surface area contributed by atoms with Gasteiger partial charge >= 0.3 is 0 Å². The Morgan fingerprint density at radius 2 is 1.89 bits per heavy atom. The van der Waals surface area contributed by atoms with Crippen molar-refractivity contribution in [2.75, 3.05) is 18.1 Å². The molecule has 4 N–H and O–H groups in total. The molecule has 2 aromatic rings. The van der Waals surface area contributed by atoms with Gasteiger partial charge in [0.1, 0.15) is 5.75 Å². The van der Waals surface area contributed by atoms with Crippen molar-refractivity contribution in [3.05, 3.63) is 80.9 Å². The third kappa shape index (κ3) is 5.24. The first kappa shape index (κ1) is 27.2. The quantitative estimate of drug-likeness (QED) is 0.169. The van der Waals surface area contributed by atoms with Crippen LogP contribution in [0.4, 0.5) is 11.4 Å². The van der Waals surface area contributed by atoms with E-state index in [0.717, 1.165) is 22.1 Å². The van der Waals surface area contributed by atoms with Crippen LogP contribution in [0.25, 0.3) is 6.08 Å². The van der Waals surface area contributed by atoms with E-state index in [9.17, 15) is 40.1 Å². The zero-order valence-electron chi connectivity index (χ0n) is 20.9. The Balaban J connectivity index is 1.58. The molecule has 1 saturated heterocycles. The number of carbonyl (C=O) groups is 2. The lowest BCUT2D eigenvalue weighted by molar-refractivity contribution is -0.384. The number of allylic oxidation sites excluding steroid dienone is 1. The number of aromatic hydroxyl groups is 1. The lowest BCUT2D eigenvalue weighted by Gasteiger charge is -2.36. The first-order valence-electron chi connectivity index (χ1n) is 12.4. The molecule has 0 unspecified atom stereocenters. The molecule has 4 rings (SSSR count). The van der Waals surface area contributed by atoms with Crippen LogP contribution in [0.1, 0.15) is 31.7 Å². The number of nitro groups is 1. The van der Waals surface area contributed by atoms with Gasteiger partial charge in [0.2, 0.25) is 11.8 Å². The molecule has 1 heterocycles. The monoisotopic (exact) mass is 522 g/mol. The van der Waals surface area contributed by atoms with E-state index in [1.54, 1.807) is 18.2 Å². The number of carbonyl (C=O) groups excluding carboxylic acids is 2. The molecular formula is C28H30N2O8. The zero-order chi connectivity index (χ0) is 27.6. The van der Waals surface area contributed by atoms with Gasteiger partial charge in [-0.05, 0) is 61.1 Å². The van der Waals surface area contributed by atoms with Crippen LogP contribution in [0.5, 0.6) is 5.75 Å². The molecule has 2 aliphatic rings. The molecule has 10 heteroatoms. The fraction of sp³-hybridized carbons (Fsp3) is 0.357. The SMILES string of the molecule is C/C(=C\c1cccc(O)c1)CC[C@@H](O)C1=C(CO)C[C@H]2C(=O)N(c3cccc([N+](=O)[O-])c3)C(=O)[C@H]2[C@H]1CO. The number of benzene rings is 2. The maximum Gasteiger partial charge on any atom is 0.271 e. The minimum Gasteiger partial charge on any atom is -0.508 e. The highest BCUT2D eigenvalue weighted by molar-refractivity contribution is 6.22. The second-order valence-electron chi connectivity index (χ2n) is 9.77. The van der Waals surface area contributed by atoms with Gasteiger partial charge in [-0.3, -0.25) is 19.7 Å². The molecule has 0 aromatic heterocycles. The average molecular weight is 523 g/mol. The number of imide groups is 1. The molecular weight excluding hydrogens is 492 g/mol. The number of non-ortho nitro benzene ring substituents is 1. The van der Waals surface area contributed by atoms with E-state index in [-0.39, 0.29) is 30.0 Å². The molecule has 1 aliphatic carbocycles. The van der Waals surface area contributed by atoms with Crippen molar-refractivity contribution >= 4 is 29.3 Å². The summed E-state index contributed by atoms with van der Waals surface area (Å²) in [5.74, 6) is -3.72. The maximum absolute atomic E-state index is 13.5. The summed E-state index contributed by atoms with van der Waals surface area (Å²) in [7, 11) is 0. The Morgan fingerprint density at radius 3 is 2.55 bits per heavy atom. The Bertz CT molecular complexity index is 1320. The van der Waals surface area contributed by atoms with Gasteiger partial charge in [0.25, 0.3) is 5.69 Å². The number of nitrogens with zero attached hydrogens (tertiary/aromatic N) is 2. The smallest absolute Gasteiger partial charge is 0.271 e. The molecule has 4 atom stereocenters. The van der Waals surface area contributed by atoms with Crippen molar-refractivity contribution in [2.45, 2.75) is 32.3 Å². The summed E-state index contributed by atoms with van der Waals surface area (Å²) in [5.41, 5.74) is 2.31. The largest absolute Gasteiger partial charge is 0.508 e. The molecule has 0 radical (unpaired) electrons. The normalized spacial score (nSPS) is 22.6. The number of hydrogen-bond donors (Lipinski definition) is 4. The number of rotatable bonds is 9. The average Bonchev–Trinajstić information content (AvgIpc) is 3.15. The van der Waals surface area contributed by atoms with Crippen LogP contribution in [0.2, 0.25) is 0 Å². The number of anilines is 1. The van der Waals surface area contributed by atoms with E-state index in [4.69, 9.17) is 0 Å². The predicted molar refractivity (Wildman–Crippen MR) is 139 cm³/mol. The number of hydrogen-bond acceptors (Lipinski definition) is 8. The molecule has 1 fully saturated rings. The Labute approximate surface area is 219 Å². The number of amides is 2. The number of nitro benzene ring substituents is 1. The van der Waals surface area contributed by atoms with E-state index in [1.807, 2.05) is 19.1 Å². The lowest BCUT2D eigenvalue weighted by atomic mass is 9.68. The fourth-order valence-electron chi connectivity index (χ4n) is 5.60. The van der Waals surface area contributed by atoms with Gasteiger partial charge in [-0.25, -0.2) is 4.90 Å². The molecule has 200 valence electrons. The summed E-state index contributed by atoms with van der Waals surface area (Å²) in [4.78, 5) is 38.3. The van der Waals surface area contributed by atoms with Crippen molar-refractivity contribution in [3.8, 4) is 5.75 Å². The Kier molecular flexibility index (Phi) is 8.05. The van der Waals surface area contributed by atoms with Gasteiger partial charge in [0.05, 0.1) is 41.8 Å². The topological polar surface area (TPSA) is 161 Å². The third-order valence-corrected chi connectivity index (χ3v) is 7.32. The number of phenolic OH excluding ortho intramolecular Hbond substituents is 1. The third-order valence-electron chi connectivity index (χ3n) is 7.32. The second kappa shape index (κ2) is 11.3. The fourth-order valence-corrected chi connectivity index (χ4v) is 5.60. The Morgan fingerprint density at radius 1 is 1.16 bits per heavy atom. The van der Waals surface area contributed by atoms with Crippen LogP contribution < -0.4 is 4.90 Å². The molecule has 0 spiro atoms. The molecule has 0 bridgehead atoms. The standard InChI is InChI=1S/C28H30N2O8/c1-16(10-17-4-2-7-21(33)11-17)8-9-24(34)25-18(14-31)12-22-26(23(25)15-32)28(36)29(27(22)35)19-5-3-6-20(13-19)30(37)38/h2-7,10-11,13,22-24,26,31-34H,8-9,12,14-15H2,1H3/b16-10+/t22-,23+,24-,26-/m1/s1. The number of fused-ring (bicyclic) bond motifs is 1. The van der Waals surface area contributed by atoms with Crippen molar-refractivity contribution in [1.82, 2.24) is 0 Å². The second-order valence-corrected chi connectivity index (χ2v) is 9.77. The summed E-state index contributed by atoms with van der Waals surface area (Å²) in [6.45, 7) is 0.925. The summed E-state index contributed by atoms with van der Waals surface area (Å²) < 4.78 is 0. The van der Waals surface area contributed by atoms with Crippen LogP contribution in [-0.2, 0) is 9.59 Å². The van der Waals surface area contributed by atoms with E-state index in [2.05, 4.69) is 0 Å². The highest BCUT2D eigenvalue weighted by Gasteiger charge is 2.55. The van der Waals surface area contributed by atoms with E-state index in [0.29, 0.717) is 17.6 Å². The van der Waals surface area contributed by atoms with Crippen molar-refractivity contribution in [2.24, 2.45) is 17.8 Å². The minimum atomic E-state index is -1.07. The van der Waals surface area contributed by atoms with E-state index >= 15 is 0 Å². The van der Waals surface area contributed by atoms with E-state index in [1.165, 1.54) is 18.2 Å². The van der Waals surface area contributed by atoms with Crippen LogP contribution in [0.3, 0.4) is 0 Å². The molecule has 38 heavy (non-hydrogen) atoms. The highest BCUT2D eigenvalue weighted by Crippen LogP contribution is 2.47. The molecule has 0 saturated carbocycles. The number of aliphatic hydroxyl groups is 3. The molecule has 1 aliphatic heterocycles. The van der Waals surface area contributed by atoms with Gasteiger partial charge in [-0.2, -0.15) is 0 Å². The lowest BCUT2D eigenvalue weighted by Crippen LogP contribution is -2.39. The Hall–Kier alpha value is -3.86. The van der Waals surface area contributed by atoms with E-state index < -0.39 is 53.8 Å². The summed E-state index contributed by atoms with van der Waals surface area (Å²) in [6, 6.07) is 12.0. The van der Waals surface area contributed by atoms with Crippen molar-refractivity contribution < 1.29 is 34.9 Å². The predicted octanol–water partition coefficient (Wildman–Crippen LogP) is 2.95. The van der Waals surface area contributed by atoms with Crippen LogP contribution in [-0.4, -0.2) is 56.5 Å². The maximum atomic E-state index is 13.5. The highest BCUT2D eigenvalue weighted by atomic mass is 16.6. The zero-order valence-corrected chi connectivity index (χ0v) is 20.9. The molecule has 10 nitrogen and oxygen atoms in total. The minimum absolute atomic E-state index is 0.0399.